The molecule has 20 heavy (non-hydrogen) atoms. The Morgan fingerprint density at radius 3 is 2.65 bits per heavy atom. The molecule has 0 bridgehead atoms. The average molecular weight is 301 g/mol. The van der Waals surface area contributed by atoms with Crippen LogP contribution < -0.4 is 9.47 Å². The van der Waals surface area contributed by atoms with Crippen molar-refractivity contribution in [1.29, 1.82) is 0 Å². The maximum Gasteiger partial charge on any atom is 0.246 e. The Balaban J connectivity index is 2.38. The van der Waals surface area contributed by atoms with E-state index in [0.29, 0.717) is 25.4 Å². The van der Waals surface area contributed by atoms with E-state index in [1.54, 1.807) is 12.1 Å². The maximum absolute atomic E-state index is 12.7. The Morgan fingerprint density at radius 2 is 2.05 bits per heavy atom. The van der Waals surface area contributed by atoms with Crippen molar-refractivity contribution >= 4 is 10.0 Å². The molecule has 7 heteroatoms. The molecule has 0 unspecified atom stereocenters. The lowest BCUT2D eigenvalue weighted by atomic mass is 10.3. The third kappa shape index (κ3) is 2.89. The summed E-state index contributed by atoms with van der Waals surface area (Å²) in [6.45, 7) is 2.95. The summed E-state index contributed by atoms with van der Waals surface area (Å²) in [6, 6.07) is 4.68. The summed E-state index contributed by atoms with van der Waals surface area (Å²) in [5.74, 6) is 0.833. The first kappa shape index (κ1) is 15.1. The predicted octanol–water partition coefficient (Wildman–Crippen LogP) is 1.11. The second-order valence-electron chi connectivity index (χ2n) is 4.56. The molecule has 1 aromatic rings. The van der Waals surface area contributed by atoms with E-state index in [0.717, 1.165) is 0 Å². The van der Waals surface area contributed by atoms with Crippen LogP contribution in [-0.4, -0.2) is 52.7 Å². The van der Waals surface area contributed by atoms with Gasteiger partial charge in [-0.2, -0.15) is 4.31 Å². The topological polar surface area (TPSA) is 65.1 Å². The van der Waals surface area contributed by atoms with Crippen molar-refractivity contribution in [2.75, 3.05) is 33.9 Å². The first-order chi connectivity index (χ1) is 9.48. The van der Waals surface area contributed by atoms with Crippen molar-refractivity contribution in [3.8, 4) is 11.5 Å². The largest absolute Gasteiger partial charge is 0.497 e. The Hall–Kier alpha value is -1.31. The summed E-state index contributed by atoms with van der Waals surface area (Å²) in [6.07, 6.45) is -0.109. The molecule has 1 aliphatic rings. The molecule has 0 aromatic heterocycles. The molecule has 0 radical (unpaired) electrons. The van der Waals surface area contributed by atoms with Crippen LogP contribution in [0.25, 0.3) is 0 Å². The standard InChI is InChI=1S/C13H19NO5S/c1-10-9-14(6-7-19-10)20(15,16)13-5-4-11(17-2)8-12(13)18-3/h4-5,8,10H,6-7,9H2,1-3H3/t10-/m0/s1. The van der Waals surface area contributed by atoms with E-state index in [4.69, 9.17) is 14.2 Å². The van der Waals surface area contributed by atoms with Crippen LogP contribution in [0.4, 0.5) is 0 Å². The Labute approximate surface area is 119 Å². The molecule has 0 aliphatic carbocycles. The Bertz CT molecular complexity index is 572. The van der Waals surface area contributed by atoms with Gasteiger partial charge in [-0.25, -0.2) is 8.42 Å². The minimum Gasteiger partial charge on any atom is -0.497 e. The minimum atomic E-state index is -3.59. The molecule has 0 saturated carbocycles. The molecule has 1 aliphatic heterocycles. The van der Waals surface area contributed by atoms with Crippen LogP contribution in [0.15, 0.2) is 23.1 Å². The van der Waals surface area contributed by atoms with E-state index in [-0.39, 0.29) is 16.7 Å². The Morgan fingerprint density at radius 1 is 1.30 bits per heavy atom. The van der Waals surface area contributed by atoms with Crippen molar-refractivity contribution in [2.24, 2.45) is 0 Å². The highest BCUT2D eigenvalue weighted by atomic mass is 32.2. The summed E-state index contributed by atoms with van der Waals surface area (Å²) < 4.78 is 42.4. The zero-order valence-electron chi connectivity index (χ0n) is 11.8. The molecule has 6 nitrogen and oxygen atoms in total. The zero-order valence-corrected chi connectivity index (χ0v) is 12.6. The average Bonchev–Trinajstić information content (AvgIpc) is 2.46. The molecule has 112 valence electrons. The molecule has 1 saturated heterocycles. The number of hydrogen-bond acceptors (Lipinski definition) is 5. The van der Waals surface area contributed by atoms with Gasteiger partial charge in [0.15, 0.2) is 0 Å². The second kappa shape index (κ2) is 5.99. The lowest BCUT2D eigenvalue weighted by Crippen LogP contribution is -2.44. The van der Waals surface area contributed by atoms with Crippen molar-refractivity contribution in [3.63, 3.8) is 0 Å². The molecule has 1 atom stereocenters. The van der Waals surface area contributed by atoms with Crippen LogP contribution >= 0.6 is 0 Å². The van der Waals surface area contributed by atoms with Gasteiger partial charge >= 0.3 is 0 Å². The molecule has 0 N–H and O–H groups in total. The van der Waals surface area contributed by atoms with Gasteiger partial charge in [-0.3, -0.25) is 0 Å². The fraction of sp³-hybridized carbons (Fsp3) is 0.538. The fourth-order valence-electron chi connectivity index (χ4n) is 2.13. The van der Waals surface area contributed by atoms with E-state index >= 15 is 0 Å². The molecule has 2 rings (SSSR count). The van der Waals surface area contributed by atoms with Crippen LogP contribution in [0.3, 0.4) is 0 Å². The number of methoxy groups -OCH3 is 2. The van der Waals surface area contributed by atoms with E-state index < -0.39 is 10.0 Å². The molecule has 0 amide bonds. The van der Waals surface area contributed by atoms with Crippen LogP contribution in [-0.2, 0) is 14.8 Å². The highest BCUT2D eigenvalue weighted by Gasteiger charge is 2.31. The summed E-state index contributed by atoms with van der Waals surface area (Å²) in [5, 5.41) is 0. The van der Waals surface area contributed by atoms with Crippen molar-refractivity contribution < 1.29 is 22.6 Å². The molecular weight excluding hydrogens is 282 g/mol. The number of rotatable bonds is 4. The molecule has 1 fully saturated rings. The van der Waals surface area contributed by atoms with Gasteiger partial charge in [-0.15, -0.1) is 0 Å². The normalized spacial score (nSPS) is 20.6. The van der Waals surface area contributed by atoms with Gasteiger partial charge in [0.05, 0.1) is 26.9 Å². The number of nitrogens with zero attached hydrogens (tertiary/aromatic N) is 1. The fourth-order valence-corrected chi connectivity index (χ4v) is 3.77. The smallest absolute Gasteiger partial charge is 0.246 e. The highest BCUT2D eigenvalue weighted by Crippen LogP contribution is 2.31. The van der Waals surface area contributed by atoms with Gasteiger partial charge in [0, 0.05) is 19.2 Å². The third-order valence-electron chi connectivity index (χ3n) is 3.19. The van der Waals surface area contributed by atoms with E-state index in [1.165, 1.54) is 24.6 Å². The van der Waals surface area contributed by atoms with Gasteiger partial charge in [0.1, 0.15) is 16.4 Å². The number of benzene rings is 1. The van der Waals surface area contributed by atoms with Crippen LogP contribution in [0.2, 0.25) is 0 Å². The first-order valence-electron chi connectivity index (χ1n) is 6.33. The van der Waals surface area contributed by atoms with Crippen LogP contribution in [0, 0.1) is 0 Å². The van der Waals surface area contributed by atoms with Crippen LogP contribution in [0.5, 0.6) is 11.5 Å². The molecular formula is C13H19NO5S. The highest BCUT2D eigenvalue weighted by molar-refractivity contribution is 7.89. The summed E-state index contributed by atoms with van der Waals surface area (Å²) >= 11 is 0. The first-order valence-corrected chi connectivity index (χ1v) is 7.77. The van der Waals surface area contributed by atoms with Gasteiger partial charge in [0.2, 0.25) is 10.0 Å². The Kier molecular flexibility index (Phi) is 4.52. The summed E-state index contributed by atoms with van der Waals surface area (Å²) in [5.41, 5.74) is 0. The maximum atomic E-state index is 12.7. The lowest BCUT2D eigenvalue weighted by Gasteiger charge is -2.30. The van der Waals surface area contributed by atoms with Gasteiger partial charge in [-0.1, -0.05) is 0 Å². The minimum absolute atomic E-state index is 0.109. The van der Waals surface area contributed by atoms with Crippen molar-refractivity contribution in [1.82, 2.24) is 4.31 Å². The molecule has 0 spiro atoms. The predicted molar refractivity (Wildman–Crippen MR) is 73.7 cm³/mol. The summed E-state index contributed by atoms with van der Waals surface area (Å²) in [4.78, 5) is 0.148. The van der Waals surface area contributed by atoms with E-state index in [2.05, 4.69) is 0 Å². The number of morpholine rings is 1. The quantitative estimate of drug-likeness (QED) is 0.833. The van der Waals surface area contributed by atoms with Crippen molar-refractivity contribution in [2.45, 2.75) is 17.9 Å². The SMILES string of the molecule is COc1ccc(S(=O)(=O)N2CCO[C@@H](C)C2)c(OC)c1. The molecule has 1 heterocycles. The number of sulfonamides is 1. The number of ether oxygens (including phenoxy) is 3. The summed E-state index contributed by atoms with van der Waals surface area (Å²) in [7, 11) is -0.629. The van der Waals surface area contributed by atoms with Crippen LogP contribution in [0.1, 0.15) is 6.92 Å². The lowest BCUT2D eigenvalue weighted by molar-refractivity contribution is 0.0101. The van der Waals surface area contributed by atoms with E-state index in [9.17, 15) is 8.42 Å². The monoisotopic (exact) mass is 301 g/mol. The number of hydrogen-bond donors (Lipinski definition) is 0. The van der Waals surface area contributed by atoms with Gasteiger partial charge in [0.25, 0.3) is 0 Å². The van der Waals surface area contributed by atoms with Gasteiger partial charge < -0.3 is 14.2 Å². The second-order valence-corrected chi connectivity index (χ2v) is 6.47. The third-order valence-corrected chi connectivity index (χ3v) is 5.10. The van der Waals surface area contributed by atoms with Crippen molar-refractivity contribution in [3.05, 3.63) is 18.2 Å². The zero-order chi connectivity index (χ0) is 14.8. The van der Waals surface area contributed by atoms with E-state index in [1.807, 2.05) is 6.92 Å². The molecule has 1 aromatic carbocycles. The van der Waals surface area contributed by atoms with Gasteiger partial charge in [-0.05, 0) is 19.1 Å².